The lowest BCUT2D eigenvalue weighted by molar-refractivity contribution is 0.297. The predicted molar refractivity (Wildman–Crippen MR) is 87.8 cm³/mol. The van der Waals surface area contributed by atoms with Gasteiger partial charge >= 0.3 is 0 Å². The molecule has 0 saturated heterocycles. The molecule has 1 aromatic carbocycles. The van der Waals surface area contributed by atoms with Gasteiger partial charge in [0.25, 0.3) is 0 Å². The van der Waals surface area contributed by atoms with E-state index in [1.54, 1.807) is 0 Å². The maximum absolute atomic E-state index is 6.27. The van der Waals surface area contributed by atoms with E-state index in [2.05, 4.69) is 10.3 Å². The number of hydrogen-bond acceptors (Lipinski definition) is 3. The Balaban J connectivity index is 1.67. The van der Waals surface area contributed by atoms with Crippen molar-refractivity contribution in [2.75, 3.05) is 13.2 Å². The molecule has 2 aliphatic rings. The summed E-state index contributed by atoms with van der Waals surface area (Å²) < 4.78 is 11.3. The third-order valence-corrected chi connectivity index (χ3v) is 4.28. The Labute approximate surface area is 135 Å². The predicted octanol–water partition coefficient (Wildman–Crippen LogP) is 2.85. The fourth-order valence-corrected chi connectivity index (χ4v) is 3.16. The SMILES string of the molecule is NC(=NCc1cc(Cl)c2c(c1)OCCCO2)NC1CCCC1. The third-order valence-electron chi connectivity index (χ3n) is 4.00. The second-order valence-corrected chi connectivity index (χ2v) is 6.19. The summed E-state index contributed by atoms with van der Waals surface area (Å²) in [6, 6.07) is 4.26. The molecule has 120 valence electrons. The average molecular weight is 324 g/mol. The van der Waals surface area contributed by atoms with Crippen LogP contribution in [-0.4, -0.2) is 25.2 Å². The normalized spacial score (nSPS) is 19.0. The first-order valence-corrected chi connectivity index (χ1v) is 8.24. The summed E-state index contributed by atoms with van der Waals surface area (Å²) >= 11 is 6.27. The van der Waals surface area contributed by atoms with Crippen molar-refractivity contribution in [2.45, 2.75) is 44.7 Å². The van der Waals surface area contributed by atoms with Gasteiger partial charge in [-0.25, -0.2) is 4.99 Å². The molecule has 5 nitrogen and oxygen atoms in total. The molecule has 1 saturated carbocycles. The number of ether oxygens (including phenoxy) is 2. The number of rotatable bonds is 3. The van der Waals surface area contributed by atoms with Gasteiger partial charge in [-0.1, -0.05) is 24.4 Å². The van der Waals surface area contributed by atoms with Crippen LogP contribution in [0.5, 0.6) is 11.5 Å². The highest BCUT2D eigenvalue weighted by molar-refractivity contribution is 6.32. The van der Waals surface area contributed by atoms with Crippen molar-refractivity contribution in [1.29, 1.82) is 0 Å². The first kappa shape index (κ1) is 15.3. The minimum Gasteiger partial charge on any atom is -0.489 e. The average Bonchev–Trinajstić information content (AvgIpc) is 2.88. The lowest BCUT2D eigenvalue weighted by Gasteiger charge is -2.13. The number of nitrogens with one attached hydrogen (secondary N) is 1. The molecule has 22 heavy (non-hydrogen) atoms. The van der Waals surface area contributed by atoms with Gasteiger partial charge in [-0.15, -0.1) is 0 Å². The standard InChI is InChI=1S/C16H22ClN3O2/c17-13-8-11(9-14-15(13)22-7-3-6-21-14)10-19-16(18)20-12-4-1-2-5-12/h8-9,12H,1-7,10H2,(H3,18,19,20). The number of guanidine groups is 1. The van der Waals surface area contributed by atoms with Crippen LogP contribution in [0.4, 0.5) is 0 Å². The van der Waals surface area contributed by atoms with Gasteiger partial charge in [0.15, 0.2) is 17.5 Å². The van der Waals surface area contributed by atoms with Gasteiger partial charge in [0.2, 0.25) is 0 Å². The number of halogens is 1. The minimum atomic E-state index is 0.469. The van der Waals surface area contributed by atoms with E-state index in [1.165, 1.54) is 25.7 Å². The molecule has 0 spiro atoms. The van der Waals surface area contributed by atoms with Gasteiger partial charge in [-0.05, 0) is 30.5 Å². The molecule has 1 aromatic rings. The minimum absolute atomic E-state index is 0.469. The van der Waals surface area contributed by atoms with Crippen LogP contribution in [0, 0.1) is 0 Å². The van der Waals surface area contributed by atoms with Gasteiger partial charge in [-0.2, -0.15) is 0 Å². The summed E-state index contributed by atoms with van der Waals surface area (Å²) in [6.45, 7) is 1.74. The van der Waals surface area contributed by atoms with Gasteiger partial charge in [0.1, 0.15) is 0 Å². The van der Waals surface area contributed by atoms with Gasteiger partial charge in [0.05, 0.1) is 24.8 Å². The molecule has 0 unspecified atom stereocenters. The van der Waals surface area contributed by atoms with Gasteiger partial charge in [0, 0.05) is 12.5 Å². The van der Waals surface area contributed by atoms with Crippen molar-refractivity contribution in [1.82, 2.24) is 5.32 Å². The zero-order valence-corrected chi connectivity index (χ0v) is 13.4. The molecule has 1 heterocycles. The van der Waals surface area contributed by atoms with Crippen molar-refractivity contribution in [3.63, 3.8) is 0 Å². The molecule has 1 aliphatic carbocycles. The molecule has 1 aliphatic heterocycles. The van der Waals surface area contributed by atoms with Crippen LogP contribution in [0.3, 0.4) is 0 Å². The van der Waals surface area contributed by atoms with Crippen LogP contribution < -0.4 is 20.5 Å². The zero-order valence-electron chi connectivity index (χ0n) is 12.6. The summed E-state index contributed by atoms with van der Waals surface area (Å²) in [5, 5.41) is 3.84. The van der Waals surface area contributed by atoms with E-state index in [4.69, 9.17) is 26.8 Å². The molecule has 3 rings (SSSR count). The molecule has 0 aromatic heterocycles. The van der Waals surface area contributed by atoms with E-state index in [0.717, 1.165) is 12.0 Å². The Morgan fingerprint density at radius 2 is 2.00 bits per heavy atom. The maximum atomic E-state index is 6.27. The smallest absolute Gasteiger partial charge is 0.189 e. The number of benzene rings is 1. The molecule has 0 atom stereocenters. The summed E-state index contributed by atoms with van der Waals surface area (Å²) in [6.07, 6.45) is 5.74. The van der Waals surface area contributed by atoms with Crippen molar-refractivity contribution in [2.24, 2.45) is 10.7 Å². The Hall–Kier alpha value is -1.62. The quantitative estimate of drug-likeness (QED) is 0.663. The van der Waals surface area contributed by atoms with Crippen LogP contribution in [0.25, 0.3) is 0 Å². The second-order valence-electron chi connectivity index (χ2n) is 5.78. The maximum Gasteiger partial charge on any atom is 0.189 e. The highest BCUT2D eigenvalue weighted by Crippen LogP contribution is 2.38. The number of hydrogen-bond donors (Lipinski definition) is 2. The van der Waals surface area contributed by atoms with E-state index in [9.17, 15) is 0 Å². The molecular formula is C16H22ClN3O2. The Bertz CT molecular complexity index is 557. The van der Waals surface area contributed by atoms with Crippen molar-refractivity contribution in [3.05, 3.63) is 22.7 Å². The van der Waals surface area contributed by atoms with Gasteiger partial charge < -0.3 is 20.5 Å². The molecule has 0 bridgehead atoms. The molecule has 3 N–H and O–H groups in total. The summed E-state index contributed by atoms with van der Waals surface area (Å²) in [5.74, 6) is 1.82. The van der Waals surface area contributed by atoms with Gasteiger partial charge in [-0.3, -0.25) is 0 Å². The van der Waals surface area contributed by atoms with Crippen LogP contribution >= 0.6 is 11.6 Å². The monoisotopic (exact) mass is 323 g/mol. The Morgan fingerprint density at radius 1 is 1.23 bits per heavy atom. The molecule has 0 radical (unpaired) electrons. The largest absolute Gasteiger partial charge is 0.489 e. The van der Waals surface area contributed by atoms with E-state index in [-0.39, 0.29) is 0 Å². The lowest BCUT2D eigenvalue weighted by Crippen LogP contribution is -2.38. The van der Waals surface area contributed by atoms with E-state index in [0.29, 0.717) is 48.3 Å². The molecule has 0 amide bonds. The van der Waals surface area contributed by atoms with Crippen molar-refractivity contribution >= 4 is 17.6 Å². The first-order valence-electron chi connectivity index (χ1n) is 7.87. The number of aliphatic imine (C=N–C) groups is 1. The lowest BCUT2D eigenvalue weighted by atomic mass is 10.2. The van der Waals surface area contributed by atoms with E-state index in [1.807, 2.05) is 12.1 Å². The van der Waals surface area contributed by atoms with E-state index >= 15 is 0 Å². The van der Waals surface area contributed by atoms with Crippen LogP contribution in [0.15, 0.2) is 17.1 Å². The third kappa shape index (κ3) is 3.77. The summed E-state index contributed by atoms with van der Waals surface area (Å²) in [4.78, 5) is 4.40. The second kappa shape index (κ2) is 7.09. The van der Waals surface area contributed by atoms with E-state index < -0.39 is 0 Å². The molecule has 6 heteroatoms. The van der Waals surface area contributed by atoms with Crippen LogP contribution in [0.1, 0.15) is 37.7 Å². The Kier molecular flexibility index (Phi) is 4.93. The van der Waals surface area contributed by atoms with Crippen LogP contribution in [-0.2, 0) is 6.54 Å². The highest BCUT2D eigenvalue weighted by atomic mass is 35.5. The topological polar surface area (TPSA) is 68.9 Å². The zero-order chi connectivity index (χ0) is 15.4. The fraction of sp³-hybridized carbons (Fsp3) is 0.562. The first-order chi connectivity index (χ1) is 10.7. The van der Waals surface area contributed by atoms with Crippen LogP contribution in [0.2, 0.25) is 5.02 Å². The fourth-order valence-electron chi connectivity index (χ4n) is 2.88. The summed E-state index contributed by atoms with van der Waals surface area (Å²) in [5.41, 5.74) is 6.92. The number of nitrogens with two attached hydrogens (primary N) is 1. The molecular weight excluding hydrogens is 302 g/mol. The van der Waals surface area contributed by atoms with Crippen molar-refractivity contribution in [3.8, 4) is 11.5 Å². The number of nitrogens with zero attached hydrogens (tertiary/aromatic N) is 1. The highest BCUT2D eigenvalue weighted by Gasteiger charge is 2.16. The summed E-state index contributed by atoms with van der Waals surface area (Å²) in [7, 11) is 0. The molecule has 1 fully saturated rings. The van der Waals surface area contributed by atoms with Crippen molar-refractivity contribution < 1.29 is 9.47 Å². The number of fused-ring (bicyclic) bond motifs is 1. The Morgan fingerprint density at radius 3 is 2.82 bits per heavy atom.